The van der Waals surface area contributed by atoms with E-state index in [0.29, 0.717) is 12.0 Å². The van der Waals surface area contributed by atoms with Gasteiger partial charge in [-0.25, -0.2) is 0 Å². The SMILES string of the molecule is CN=C(NCC(C1CC1)N(C)C)N(C)Cc1cn(C)nc1C(C)C.I. The molecule has 1 atom stereocenters. The van der Waals surface area contributed by atoms with Crippen LogP contribution < -0.4 is 5.32 Å². The normalized spacial score (nSPS) is 16.1. The van der Waals surface area contributed by atoms with E-state index in [1.54, 1.807) is 0 Å². The summed E-state index contributed by atoms with van der Waals surface area (Å²) in [5, 5.41) is 8.16. The lowest BCUT2D eigenvalue weighted by atomic mass is 10.1. The molecule has 0 bridgehead atoms. The molecule has 2 rings (SSSR count). The molecule has 1 saturated carbocycles. The van der Waals surface area contributed by atoms with Crippen molar-refractivity contribution >= 4 is 29.9 Å². The second-order valence-corrected chi connectivity index (χ2v) is 7.52. The first-order valence-electron chi connectivity index (χ1n) is 8.94. The van der Waals surface area contributed by atoms with Gasteiger partial charge in [-0.15, -0.1) is 24.0 Å². The third-order valence-electron chi connectivity index (χ3n) is 4.76. The van der Waals surface area contributed by atoms with E-state index in [1.807, 2.05) is 18.8 Å². The van der Waals surface area contributed by atoms with E-state index in [4.69, 9.17) is 0 Å². The summed E-state index contributed by atoms with van der Waals surface area (Å²) < 4.78 is 1.91. The first-order valence-corrected chi connectivity index (χ1v) is 8.94. The van der Waals surface area contributed by atoms with Gasteiger partial charge in [-0.05, 0) is 38.8 Å². The molecular formula is C18H35IN6. The van der Waals surface area contributed by atoms with E-state index in [-0.39, 0.29) is 24.0 Å². The Balaban J connectivity index is 0.00000312. The van der Waals surface area contributed by atoms with Gasteiger partial charge in [0.25, 0.3) is 0 Å². The fraction of sp³-hybridized carbons (Fsp3) is 0.778. The summed E-state index contributed by atoms with van der Waals surface area (Å²) in [5.41, 5.74) is 2.44. The van der Waals surface area contributed by atoms with E-state index >= 15 is 0 Å². The van der Waals surface area contributed by atoms with Gasteiger partial charge >= 0.3 is 0 Å². The Labute approximate surface area is 170 Å². The maximum Gasteiger partial charge on any atom is 0.193 e. The summed E-state index contributed by atoms with van der Waals surface area (Å²) in [6, 6.07) is 0.583. The fourth-order valence-electron chi connectivity index (χ4n) is 3.33. The number of rotatable bonds is 7. The monoisotopic (exact) mass is 462 g/mol. The van der Waals surface area contributed by atoms with Crippen LogP contribution in [0.5, 0.6) is 0 Å². The van der Waals surface area contributed by atoms with E-state index in [9.17, 15) is 0 Å². The zero-order valence-corrected chi connectivity index (χ0v) is 19.1. The quantitative estimate of drug-likeness (QED) is 0.385. The molecule has 1 fully saturated rings. The van der Waals surface area contributed by atoms with Crippen LogP contribution in [-0.4, -0.2) is 66.3 Å². The number of nitrogens with one attached hydrogen (secondary N) is 1. The number of guanidine groups is 1. The topological polar surface area (TPSA) is 48.7 Å². The predicted octanol–water partition coefficient (Wildman–Crippen LogP) is 2.51. The molecule has 0 spiro atoms. The van der Waals surface area contributed by atoms with Crippen LogP contribution in [0.25, 0.3) is 0 Å². The van der Waals surface area contributed by atoms with Crippen molar-refractivity contribution in [2.75, 3.05) is 34.7 Å². The van der Waals surface area contributed by atoms with Crippen LogP contribution >= 0.6 is 24.0 Å². The molecule has 144 valence electrons. The van der Waals surface area contributed by atoms with Gasteiger partial charge in [-0.1, -0.05) is 13.8 Å². The molecule has 1 aromatic heterocycles. The molecule has 1 aliphatic carbocycles. The first-order chi connectivity index (χ1) is 11.3. The Hall–Kier alpha value is -0.830. The van der Waals surface area contributed by atoms with Crippen molar-refractivity contribution in [3.05, 3.63) is 17.5 Å². The highest BCUT2D eigenvalue weighted by Gasteiger charge is 2.32. The molecule has 1 unspecified atom stereocenters. The molecule has 0 radical (unpaired) electrons. The summed E-state index contributed by atoms with van der Waals surface area (Å²) in [7, 11) is 10.3. The minimum absolute atomic E-state index is 0. The van der Waals surface area contributed by atoms with Crippen molar-refractivity contribution < 1.29 is 0 Å². The Bertz CT molecular complexity index is 560. The van der Waals surface area contributed by atoms with Gasteiger partial charge in [-0.3, -0.25) is 9.67 Å². The largest absolute Gasteiger partial charge is 0.355 e. The number of halogens is 1. The zero-order valence-electron chi connectivity index (χ0n) is 16.8. The van der Waals surface area contributed by atoms with Gasteiger partial charge in [0.2, 0.25) is 0 Å². The van der Waals surface area contributed by atoms with E-state index in [2.05, 4.69) is 66.4 Å². The smallest absolute Gasteiger partial charge is 0.193 e. The van der Waals surface area contributed by atoms with Crippen LogP contribution in [0.1, 0.15) is 43.9 Å². The maximum absolute atomic E-state index is 4.60. The summed E-state index contributed by atoms with van der Waals surface area (Å²) in [5.74, 6) is 2.21. The molecule has 0 saturated heterocycles. The third-order valence-corrected chi connectivity index (χ3v) is 4.76. The number of hydrogen-bond acceptors (Lipinski definition) is 3. The van der Waals surface area contributed by atoms with E-state index in [1.165, 1.54) is 24.1 Å². The molecule has 6 nitrogen and oxygen atoms in total. The summed E-state index contributed by atoms with van der Waals surface area (Å²) in [4.78, 5) is 8.97. The van der Waals surface area contributed by atoms with Crippen LogP contribution in [0, 0.1) is 5.92 Å². The predicted molar refractivity (Wildman–Crippen MR) is 116 cm³/mol. The van der Waals surface area contributed by atoms with Gasteiger partial charge in [0.05, 0.1) is 5.69 Å². The molecule has 1 N–H and O–H groups in total. The summed E-state index contributed by atoms with van der Waals surface area (Å²) in [6.07, 6.45) is 4.82. The standard InChI is InChI=1S/C18H34N6.HI/c1-13(2)17-15(12-24(7)21-17)11-23(6)18(19-3)20-10-16(22(4)5)14-8-9-14;/h12-14,16H,8-11H2,1-7H3,(H,19,20);1H. The summed E-state index contributed by atoms with van der Waals surface area (Å²) in [6.45, 7) is 6.14. The van der Waals surface area contributed by atoms with Gasteiger partial charge in [0, 0.05) is 52.0 Å². The van der Waals surface area contributed by atoms with Crippen molar-refractivity contribution in [3.8, 4) is 0 Å². The molecule has 1 aromatic rings. The molecule has 0 aliphatic heterocycles. The highest BCUT2D eigenvalue weighted by molar-refractivity contribution is 14.0. The lowest BCUT2D eigenvalue weighted by Crippen LogP contribution is -2.46. The average molecular weight is 462 g/mol. The highest BCUT2D eigenvalue weighted by Crippen LogP contribution is 2.34. The van der Waals surface area contributed by atoms with Crippen molar-refractivity contribution in [1.82, 2.24) is 24.9 Å². The van der Waals surface area contributed by atoms with Crippen LogP contribution in [0.2, 0.25) is 0 Å². The highest BCUT2D eigenvalue weighted by atomic mass is 127. The Morgan fingerprint density at radius 2 is 2.00 bits per heavy atom. The third kappa shape index (κ3) is 6.13. The van der Waals surface area contributed by atoms with Gasteiger partial charge in [-0.2, -0.15) is 5.10 Å². The van der Waals surface area contributed by atoms with Crippen molar-refractivity contribution in [3.63, 3.8) is 0 Å². The number of nitrogens with zero attached hydrogens (tertiary/aromatic N) is 5. The molecule has 0 amide bonds. The molecule has 1 aliphatic rings. The first kappa shape index (κ1) is 22.2. The van der Waals surface area contributed by atoms with Crippen molar-refractivity contribution in [2.24, 2.45) is 18.0 Å². The summed E-state index contributed by atoms with van der Waals surface area (Å²) >= 11 is 0. The van der Waals surface area contributed by atoms with E-state index in [0.717, 1.165) is 25.0 Å². The second-order valence-electron chi connectivity index (χ2n) is 7.52. The molecule has 25 heavy (non-hydrogen) atoms. The zero-order chi connectivity index (χ0) is 17.9. The van der Waals surface area contributed by atoms with Crippen molar-refractivity contribution in [2.45, 2.75) is 45.2 Å². The average Bonchev–Trinajstić information content (AvgIpc) is 3.26. The lowest BCUT2D eigenvalue weighted by Gasteiger charge is -2.28. The van der Waals surface area contributed by atoms with Gasteiger partial charge in [0.1, 0.15) is 0 Å². The number of likely N-dealkylation sites (N-methyl/N-ethyl adjacent to an activating group) is 1. The molecule has 1 heterocycles. The second kappa shape index (κ2) is 9.75. The Morgan fingerprint density at radius 1 is 1.36 bits per heavy atom. The van der Waals surface area contributed by atoms with Crippen LogP contribution in [0.4, 0.5) is 0 Å². The molecule has 0 aromatic carbocycles. The maximum atomic E-state index is 4.60. The van der Waals surface area contributed by atoms with Crippen molar-refractivity contribution in [1.29, 1.82) is 0 Å². The van der Waals surface area contributed by atoms with Gasteiger partial charge in [0.15, 0.2) is 5.96 Å². The Morgan fingerprint density at radius 3 is 2.48 bits per heavy atom. The number of aliphatic imine (C=N–C) groups is 1. The van der Waals surface area contributed by atoms with E-state index < -0.39 is 0 Å². The van der Waals surface area contributed by atoms with Crippen LogP contribution in [0.15, 0.2) is 11.2 Å². The minimum atomic E-state index is 0. The number of hydrogen-bond donors (Lipinski definition) is 1. The minimum Gasteiger partial charge on any atom is -0.355 e. The fourth-order valence-corrected chi connectivity index (χ4v) is 3.33. The van der Waals surface area contributed by atoms with Gasteiger partial charge < -0.3 is 15.1 Å². The molecular weight excluding hydrogens is 427 g/mol. The number of aryl methyl sites for hydroxylation is 1. The lowest BCUT2D eigenvalue weighted by molar-refractivity contribution is 0.262. The van der Waals surface area contributed by atoms with Crippen LogP contribution in [-0.2, 0) is 13.6 Å². The Kier molecular flexibility index (Phi) is 8.67. The molecule has 7 heteroatoms. The van der Waals surface area contributed by atoms with Crippen LogP contribution in [0.3, 0.4) is 0 Å². The number of aromatic nitrogens is 2.